The third kappa shape index (κ3) is 3.50. The number of hydrogen-bond acceptors (Lipinski definition) is 1. The summed E-state index contributed by atoms with van der Waals surface area (Å²) >= 11 is 12.9. The quantitative estimate of drug-likeness (QED) is 0.675. The van der Waals surface area contributed by atoms with E-state index in [1.165, 1.54) is 5.56 Å². The predicted octanol–water partition coefficient (Wildman–Crippen LogP) is 6.04. The fourth-order valence-corrected chi connectivity index (χ4v) is 2.74. The lowest BCUT2D eigenvalue weighted by molar-refractivity contribution is 0.883. The molecule has 2 aromatic rings. The summed E-state index contributed by atoms with van der Waals surface area (Å²) in [6.07, 6.45) is 0. The van der Waals surface area contributed by atoms with Gasteiger partial charge in [0, 0.05) is 25.7 Å². The Kier molecular flexibility index (Phi) is 4.71. The predicted molar refractivity (Wildman–Crippen MR) is 85.3 cm³/mol. The van der Waals surface area contributed by atoms with Crippen LogP contribution in [0, 0.1) is 0 Å². The maximum atomic E-state index is 5.92. The molecule has 1 N–H and O–H groups in total. The van der Waals surface area contributed by atoms with Gasteiger partial charge in [0.15, 0.2) is 0 Å². The molecule has 4 heteroatoms. The highest BCUT2D eigenvalue weighted by Crippen LogP contribution is 2.29. The zero-order valence-corrected chi connectivity index (χ0v) is 13.7. The molecule has 0 fully saturated rings. The Bertz CT molecular complexity index is 540. The molecule has 0 aromatic heterocycles. The number of anilines is 1. The summed E-state index contributed by atoms with van der Waals surface area (Å²) in [5.74, 6) is 0. The molecular weight excluding hydrogens is 377 g/mol. The highest BCUT2D eigenvalue weighted by Gasteiger charge is 2.07. The molecule has 0 aliphatic rings. The van der Waals surface area contributed by atoms with Crippen LogP contribution in [0.5, 0.6) is 0 Å². The van der Waals surface area contributed by atoms with Gasteiger partial charge in [-0.25, -0.2) is 0 Å². The molecule has 0 saturated heterocycles. The van der Waals surface area contributed by atoms with Gasteiger partial charge >= 0.3 is 0 Å². The van der Waals surface area contributed by atoms with Gasteiger partial charge in [0.1, 0.15) is 0 Å². The van der Waals surface area contributed by atoms with E-state index in [-0.39, 0.29) is 6.04 Å². The Balaban J connectivity index is 2.15. The third-order valence-electron chi connectivity index (χ3n) is 2.67. The first-order valence-electron chi connectivity index (χ1n) is 5.53. The van der Waals surface area contributed by atoms with Gasteiger partial charge in [0.2, 0.25) is 0 Å². The molecule has 0 bridgehead atoms. The van der Waals surface area contributed by atoms with Crippen molar-refractivity contribution in [3.05, 3.63) is 62.0 Å². The van der Waals surface area contributed by atoms with Crippen molar-refractivity contribution in [3.63, 3.8) is 0 Å². The molecule has 18 heavy (non-hydrogen) atoms. The summed E-state index contributed by atoms with van der Waals surface area (Å²) in [5, 5.41) is 4.18. The lowest BCUT2D eigenvalue weighted by atomic mass is 10.1. The summed E-state index contributed by atoms with van der Waals surface area (Å²) in [4.78, 5) is 0. The lowest BCUT2D eigenvalue weighted by Crippen LogP contribution is -2.06. The van der Waals surface area contributed by atoms with E-state index in [0.717, 1.165) is 19.7 Å². The summed E-state index contributed by atoms with van der Waals surface area (Å²) in [6.45, 7) is 2.13. The van der Waals surface area contributed by atoms with Crippen molar-refractivity contribution in [2.75, 3.05) is 5.32 Å². The fraction of sp³-hybridized carbons (Fsp3) is 0.143. The maximum absolute atomic E-state index is 5.92. The maximum Gasteiger partial charge on any atom is 0.0490 e. The number of hydrogen-bond donors (Lipinski definition) is 1. The molecule has 0 heterocycles. The Hall–Kier alpha value is -0.510. The van der Waals surface area contributed by atoms with Gasteiger partial charge in [-0.3, -0.25) is 0 Å². The van der Waals surface area contributed by atoms with E-state index in [0.29, 0.717) is 0 Å². The summed E-state index contributed by atoms with van der Waals surface area (Å²) in [5.41, 5.74) is 2.27. The molecule has 0 radical (unpaired) electrons. The van der Waals surface area contributed by atoms with Crippen LogP contribution in [0.25, 0.3) is 0 Å². The van der Waals surface area contributed by atoms with Gasteiger partial charge in [-0.05, 0) is 58.7 Å². The van der Waals surface area contributed by atoms with Crippen LogP contribution in [0.3, 0.4) is 0 Å². The minimum Gasteiger partial charge on any atom is -0.378 e. The first-order valence-corrected chi connectivity index (χ1v) is 7.50. The Labute approximate surface area is 129 Å². The molecular formula is C14H12Br2ClN. The first kappa shape index (κ1) is 13.9. The second-order valence-corrected chi connectivity index (χ2v) is 6.25. The van der Waals surface area contributed by atoms with Gasteiger partial charge < -0.3 is 5.32 Å². The molecule has 2 aromatic carbocycles. The SMILES string of the molecule is CC(Nc1ccc(Cl)cc1Br)c1ccc(Br)cc1. The smallest absolute Gasteiger partial charge is 0.0490 e. The minimum atomic E-state index is 0.232. The zero-order valence-electron chi connectivity index (χ0n) is 9.75. The van der Waals surface area contributed by atoms with Crippen molar-refractivity contribution in [2.45, 2.75) is 13.0 Å². The van der Waals surface area contributed by atoms with E-state index in [2.05, 4.69) is 56.2 Å². The molecule has 1 nitrogen and oxygen atoms in total. The van der Waals surface area contributed by atoms with Crippen molar-refractivity contribution < 1.29 is 0 Å². The molecule has 0 amide bonds. The van der Waals surface area contributed by atoms with Crippen LogP contribution in [0.1, 0.15) is 18.5 Å². The van der Waals surface area contributed by atoms with E-state index < -0.39 is 0 Å². The molecule has 94 valence electrons. The van der Waals surface area contributed by atoms with Crippen molar-refractivity contribution in [3.8, 4) is 0 Å². The first-order chi connectivity index (χ1) is 8.56. The van der Waals surface area contributed by atoms with Crippen LogP contribution >= 0.6 is 43.5 Å². The lowest BCUT2D eigenvalue weighted by Gasteiger charge is -2.17. The topological polar surface area (TPSA) is 12.0 Å². The van der Waals surface area contributed by atoms with Crippen molar-refractivity contribution in [1.82, 2.24) is 0 Å². The van der Waals surface area contributed by atoms with Crippen LogP contribution in [0.4, 0.5) is 5.69 Å². The van der Waals surface area contributed by atoms with Gasteiger partial charge in [-0.15, -0.1) is 0 Å². The molecule has 1 atom stereocenters. The zero-order chi connectivity index (χ0) is 13.1. The number of nitrogens with one attached hydrogen (secondary N) is 1. The van der Waals surface area contributed by atoms with Gasteiger partial charge in [0.25, 0.3) is 0 Å². The molecule has 1 unspecified atom stereocenters. The van der Waals surface area contributed by atoms with Crippen molar-refractivity contribution in [1.29, 1.82) is 0 Å². The standard InChI is InChI=1S/C14H12Br2ClN/c1-9(10-2-4-11(15)5-3-10)18-14-7-6-12(17)8-13(14)16/h2-9,18H,1H3. The van der Waals surface area contributed by atoms with E-state index in [1.54, 1.807) is 0 Å². The van der Waals surface area contributed by atoms with E-state index in [1.807, 2.05) is 30.3 Å². The largest absolute Gasteiger partial charge is 0.378 e. The number of halogens is 3. The van der Waals surface area contributed by atoms with Crippen LogP contribution in [-0.4, -0.2) is 0 Å². The molecule has 0 spiro atoms. The van der Waals surface area contributed by atoms with Crippen LogP contribution in [0.2, 0.25) is 5.02 Å². The Morgan fingerprint density at radius 3 is 2.33 bits per heavy atom. The number of rotatable bonds is 3. The highest BCUT2D eigenvalue weighted by atomic mass is 79.9. The Morgan fingerprint density at radius 2 is 1.72 bits per heavy atom. The molecule has 2 rings (SSSR count). The molecule has 0 saturated carbocycles. The van der Waals surface area contributed by atoms with Crippen molar-refractivity contribution in [2.24, 2.45) is 0 Å². The molecule has 0 aliphatic heterocycles. The summed E-state index contributed by atoms with van der Waals surface area (Å²) in [7, 11) is 0. The summed E-state index contributed by atoms with van der Waals surface area (Å²) < 4.78 is 2.06. The minimum absolute atomic E-state index is 0.232. The van der Waals surface area contributed by atoms with E-state index >= 15 is 0 Å². The average molecular weight is 390 g/mol. The Morgan fingerprint density at radius 1 is 1.06 bits per heavy atom. The summed E-state index contributed by atoms with van der Waals surface area (Å²) in [6, 6.07) is 14.3. The van der Waals surface area contributed by atoms with E-state index in [9.17, 15) is 0 Å². The highest BCUT2D eigenvalue weighted by molar-refractivity contribution is 9.10. The van der Waals surface area contributed by atoms with Crippen molar-refractivity contribution >= 4 is 49.1 Å². The van der Waals surface area contributed by atoms with Crippen LogP contribution in [-0.2, 0) is 0 Å². The van der Waals surface area contributed by atoms with Gasteiger partial charge in [0.05, 0.1) is 0 Å². The molecule has 0 aliphatic carbocycles. The second kappa shape index (κ2) is 6.09. The third-order valence-corrected chi connectivity index (χ3v) is 4.09. The van der Waals surface area contributed by atoms with Gasteiger partial charge in [-0.2, -0.15) is 0 Å². The van der Waals surface area contributed by atoms with Gasteiger partial charge in [-0.1, -0.05) is 39.7 Å². The van der Waals surface area contributed by atoms with Crippen LogP contribution < -0.4 is 5.32 Å². The average Bonchev–Trinajstić information content (AvgIpc) is 2.33. The monoisotopic (exact) mass is 387 g/mol. The number of benzene rings is 2. The van der Waals surface area contributed by atoms with Crippen LogP contribution in [0.15, 0.2) is 51.4 Å². The van der Waals surface area contributed by atoms with E-state index in [4.69, 9.17) is 11.6 Å². The second-order valence-electron chi connectivity index (χ2n) is 4.04. The fourth-order valence-electron chi connectivity index (χ4n) is 1.67. The normalized spacial score (nSPS) is 12.2.